The standard InChI is InChI=1S/C15H17NO5/c1-15-7-10(12(14(18)19)13(17)16(15)2)9-6-8(20-3)4-5-11(9)21-15/h4-6,10,12H,7H2,1-3H3,(H,18,19)/t10-,12+,15-/m1/s1. The van der Waals surface area contributed by atoms with Crippen molar-refractivity contribution in [2.24, 2.45) is 5.92 Å². The van der Waals surface area contributed by atoms with E-state index >= 15 is 0 Å². The molecule has 6 nitrogen and oxygen atoms in total. The van der Waals surface area contributed by atoms with E-state index in [-0.39, 0.29) is 0 Å². The maximum Gasteiger partial charge on any atom is 0.316 e. The fourth-order valence-corrected chi connectivity index (χ4v) is 3.23. The highest BCUT2D eigenvalue weighted by Gasteiger charge is 2.55. The molecule has 1 aromatic rings. The molecule has 0 saturated carbocycles. The summed E-state index contributed by atoms with van der Waals surface area (Å²) < 4.78 is 11.1. The fourth-order valence-electron chi connectivity index (χ4n) is 3.23. The highest BCUT2D eigenvalue weighted by molar-refractivity contribution is 5.99. The molecular formula is C15H17NO5. The number of rotatable bonds is 2. The molecule has 6 heteroatoms. The number of carbonyl (C=O) groups is 2. The number of likely N-dealkylation sites (tertiary alicyclic amines) is 1. The molecule has 0 unspecified atom stereocenters. The van der Waals surface area contributed by atoms with Crippen LogP contribution in [0.5, 0.6) is 11.5 Å². The van der Waals surface area contributed by atoms with Crippen LogP contribution in [0.15, 0.2) is 18.2 Å². The number of piperidine rings is 1. The van der Waals surface area contributed by atoms with Crippen LogP contribution in [-0.4, -0.2) is 41.8 Å². The van der Waals surface area contributed by atoms with Crippen LogP contribution in [0.4, 0.5) is 0 Å². The average Bonchev–Trinajstić information content (AvgIpc) is 2.44. The molecule has 2 bridgehead atoms. The Kier molecular flexibility index (Phi) is 2.86. The molecule has 2 heterocycles. The Labute approximate surface area is 122 Å². The van der Waals surface area contributed by atoms with E-state index in [9.17, 15) is 14.7 Å². The molecule has 112 valence electrons. The summed E-state index contributed by atoms with van der Waals surface area (Å²) in [6.45, 7) is 1.81. The molecular weight excluding hydrogens is 274 g/mol. The van der Waals surface area contributed by atoms with Crippen molar-refractivity contribution in [2.75, 3.05) is 14.2 Å². The van der Waals surface area contributed by atoms with Gasteiger partial charge in [0.15, 0.2) is 5.72 Å². The highest BCUT2D eigenvalue weighted by atomic mass is 16.5. The molecule has 2 aliphatic rings. The SMILES string of the molecule is COc1ccc2c(c1)[C@H]1C[C@@](C)(O2)N(C)C(=O)[C@H]1C(=O)O. The summed E-state index contributed by atoms with van der Waals surface area (Å²) in [5.74, 6) is -1.78. The van der Waals surface area contributed by atoms with Gasteiger partial charge in [-0.3, -0.25) is 9.59 Å². The molecule has 3 rings (SSSR count). The monoisotopic (exact) mass is 291 g/mol. The van der Waals surface area contributed by atoms with Crippen LogP contribution in [0.2, 0.25) is 0 Å². The highest BCUT2D eigenvalue weighted by Crippen LogP contribution is 2.50. The number of methoxy groups -OCH3 is 1. The molecule has 0 aliphatic carbocycles. The van der Waals surface area contributed by atoms with Crippen LogP contribution < -0.4 is 9.47 Å². The van der Waals surface area contributed by atoms with Crippen molar-refractivity contribution < 1.29 is 24.2 Å². The zero-order chi connectivity index (χ0) is 15.4. The molecule has 1 fully saturated rings. The number of benzene rings is 1. The number of hydrogen-bond acceptors (Lipinski definition) is 4. The van der Waals surface area contributed by atoms with Crippen molar-refractivity contribution in [3.63, 3.8) is 0 Å². The summed E-state index contributed by atoms with van der Waals surface area (Å²) in [6, 6.07) is 5.29. The first-order valence-electron chi connectivity index (χ1n) is 6.75. The Morgan fingerprint density at radius 1 is 1.52 bits per heavy atom. The van der Waals surface area contributed by atoms with E-state index in [4.69, 9.17) is 9.47 Å². The molecule has 0 radical (unpaired) electrons. The van der Waals surface area contributed by atoms with Crippen LogP contribution in [0, 0.1) is 5.92 Å². The number of aliphatic carboxylic acids is 1. The fraction of sp³-hybridized carbons (Fsp3) is 0.467. The molecule has 1 saturated heterocycles. The first kappa shape index (κ1) is 13.7. The normalized spacial score (nSPS) is 30.4. The van der Waals surface area contributed by atoms with Crippen molar-refractivity contribution in [3.8, 4) is 11.5 Å². The largest absolute Gasteiger partial charge is 0.497 e. The average molecular weight is 291 g/mol. The zero-order valence-corrected chi connectivity index (χ0v) is 12.1. The molecule has 0 spiro atoms. The van der Waals surface area contributed by atoms with Gasteiger partial charge in [0.2, 0.25) is 5.91 Å². The summed E-state index contributed by atoms with van der Waals surface area (Å²) in [4.78, 5) is 25.3. The van der Waals surface area contributed by atoms with Crippen molar-refractivity contribution in [3.05, 3.63) is 23.8 Å². The van der Waals surface area contributed by atoms with Crippen molar-refractivity contribution in [1.82, 2.24) is 4.90 Å². The minimum Gasteiger partial charge on any atom is -0.497 e. The summed E-state index contributed by atoms with van der Waals surface area (Å²) >= 11 is 0. The first-order valence-corrected chi connectivity index (χ1v) is 6.75. The van der Waals surface area contributed by atoms with E-state index in [1.54, 1.807) is 32.4 Å². The van der Waals surface area contributed by atoms with E-state index in [2.05, 4.69) is 0 Å². The second-order valence-electron chi connectivity index (χ2n) is 5.70. The van der Waals surface area contributed by atoms with Gasteiger partial charge < -0.3 is 19.5 Å². The topological polar surface area (TPSA) is 76.1 Å². The first-order chi connectivity index (χ1) is 9.87. The van der Waals surface area contributed by atoms with Crippen LogP contribution in [0.25, 0.3) is 0 Å². The summed E-state index contributed by atoms with van der Waals surface area (Å²) in [6.07, 6.45) is 0.451. The van der Waals surface area contributed by atoms with E-state index in [0.717, 1.165) is 5.56 Å². The number of fused-ring (bicyclic) bond motifs is 4. The van der Waals surface area contributed by atoms with Gasteiger partial charge in [-0.2, -0.15) is 0 Å². The molecule has 1 amide bonds. The Morgan fingerprint density at radius 3 is 2.86 bits per heavy atom. The Hall–Kier alpha value is -2.24. The van der Waals surface area contributed by atoms with E-state index in [0.29, 0.717) is 17.9 Å². The number of ether oxygens (including phenoxy) is 2. The second-order valence-corrected chi connectivity index (χ2v) is 5.70. The summed E-state index contributed by atoms with van der Waals surface area (Å²) in [7, 11) is 3.13. The lowest BCUT2D eigenvalue weighted by Crippen LogP contribution is -2.62. The van der Waals surface area contributed by atoms with Gasteiger partial charge in [-0.25, -0.2) is 0 Å². The van der Waals surface area contributed by atoms with Gasteiger partial charge in [-0.05, 0) is 25.1 Å². The van der Waals surface area contributed by atoms with E-state index < -0.39 is 29.4 Å². The number of nitrogens with zero attached hydrogens (tertiary/aromatic N) is 1. The summed E-state index contributed by atoms with van der Waals surface area (Å²) in [5.41, 5.74) is -0.0874. The Morgan fingerprint density at radius 2 is 2.24 bits per heavy atom. The lowest BCUT2D eigenvalue weighted by Gasteiger charge is -2.51. The van der Waals surface area contributed by atoms with Gasteiger partial charge in [-0.1, -0.05) is 0 Å². The quantitative estimate of drug-likeness (QED) is 0.835. The van der Waals surface area contributed by atoms with Crippen LogP contribution in [-0.2, 0) is 9.59 Å². The lowest BCUT2D eigenvalue weighted by molar-refractivity contribution is -0.176. The maximum absolute atomic E-state index is 12.4. The molecule has 1 aromatic carbocycles. The van der Waals surface area contributed by atoms with Crippen molar-refractivity contribution in [1.29, 1.82) is 0 Å². The van der Waals surface area contributed by atoms with Crippen molar-refractivity contribution >= 4 is 11.9 Å². The lowest BCUT2D eigenvalue weighted by atomic mass is 9.74. The number of carboxylic acid groups (broad SMARTS) is 1. The van der Waals surface area contributed by atoms with Crippen LogP contribution >= 0.6 is 0 Å². The van der Waals surface area contributed by atoms with E-state index in [1.807, 2.05) is 6.92 Å². The van der Waals surface area contributed by atoms with Crippen LogP contribution in [0.1, 0.15) is 24.8 Å². The number of amides is 1. The van der Waals surface area contributed by atoms with Crippen LogP contribution in [0.3, 0.4) is 0 Å². The predicted molar refractivity (Wildman–Crippen MR) is 73.3 cm³/mol. The van der Waals surface area contributed by atoms with Gasteiger partial charge in [0.05, 0.1) is 7.11 Å². The molecule has 3 atom stereocenters. The van der Waals surface area contributed by atoms with Gasteiger partial charge in [0.25, 0.3) is 0 Å². The Balaban J connectivity index is 2.16. The molecule has 2 aliphatic heterocycles. The number of hydrogen-bond donors (Lipinski definition) is 1. The van der Waals surface area contributed by atoms with Gasteiger partial charge in [0.1, 0.15) is 17.4 Å². The minimum absolute atomic E-state index is 0.407. The third-order valence-corrected chi connectivity index (χ3v) is 4.52. The smallest absolute Gasteiger partial charge is 0.316 e. The molecule has 0 aromatic heterocycles. The number of carboxylic acids is 1. The zero-order valence-electron chi connectivity index (χ0n) is 12.1. The maximum atomic E-state index is 12.4. The summed E-state index contributed by atoms with van der Waals surface area (Å²) in [5, 5.41) is 9.45. The predicted octanol–water partition coefficient (Wildman–Crippen LogP) is 1.45. The van der Waals surface area contributed by atoms with Gasteiger partial charge in [0, 0.05) is 24.9 Å². The number of carbonyl (C=O) groups excluding carboxylic acids is 1. The Bertz CT molecular complexity index is 628. The van der Waals surface area contributed by atoms with Gasteiger partial charge in [-0.15, -0.1) is 0 Å². The molecule has 1 N–H and O–H groups in total. The minimum atomic E-state index is -1.10. The second kappa shape index (κ2) is 4.38. The third-order valence-electron chi connectivity index (χ3n) is 4.52. The van der Waals surface area contributed by atoms with Crippen molar-refractivity contribution in [2.45, 2.75) is 25.0 Å². The molecule has 21 heavy (non-hydrogen) atoms. The van der Waals surface area contributed by atoms with Gasteiger partial charge >= 0.3 is 5.97 Å². The van der Waals surface area contributed by atoms with E-state index in [1.165, 1.54) is 4.90 Å². The third kappa shape index (κ3) is 1.86.